The van der Waals surface area contributed by atoms with Gasteiger partial charge in [-0.25, -0.2) is 9.48 Å². The van der Waals surface area contributed by atoms with Crippen LogP contribution in [0.2, 0.25) is 0 Å². The number of amides is 1. The highest BCUT2D eigenvalue weighted by Gasteiger charge is 2.23. The zero-order valence-corrected chi connectivity index (χ0v) is 15.9. The average Bonchev–Trinajstić information content (AvgIpc) is 2.68. The third-order valence-electron chi connectivity index (χ3n) is 4.21. The van der Waals surface area contributed by atoms with Crippen molar-refractivity contribution in [2.45, 2.75) is 32.9 Å². The van der Waals surface area contributed by atoms with Gasteiger partial charge in [-0.3, -0.25) is 9.59 Å². The van der Waals surface area contributed by atoms with Crippen LogP contribution in [-0.2, 0) is 9.53 Å². The summed E-state index contributed by atoms with van der Waals surface area (Å²) in [6.07, 6.45) is -1.03. The van der Waals surface area contributed by atoms with Crippen LogP contribution in [0.4, 0.5) is 5.69 Å². The first kappa shape index (κ1) is 19.3. The Morgan fingerprint density at radius 3 is 2.21 bits per heavy atom. The van der Waals surface area contributed by atoms with Gasteiger partial charge in [0, 0.05) is 11.1 Å². The number of carbonyl (C=O) groups is 2. The van der Waals surface area contributed by atoms with Crippen molar-refractivity contribution in [2.75, 3.05) is 5.32 Å². The van der Waals surface area contributed by atoms with E-state index in [1.54, 1.807) is 62.4 Å². The molecule has 3 rings (SSSR count). The van der Waals surface area contributed by atoms with Crippen LogP contribution in [0.25, 0.3) is 10.8 Å². The Kier molecular flexibility index (Phi) is 5.54. The molecule has 0 saturated heterocycles. The smallest absolute Gasteiger partial charge is 0.360 e. The first-order valence-electron chi connectivity index (χ1n) is 8.97. The van der Waals surface area contributed by atoms with E-state index in [1.165, 1.54) is 11.6 Å². The van der Waals surface area contributed by atoms with Crippen molar-refractivity contribution in [1.82, 2.24) is 9.78 Å². The lowest BCUT2D eigenvalue weighted by Gasteiger charge is -2.16. The maximum absolute atomic E-state index is 12.7. The number of nitrogens with one attached hydrogen (secondary N) is 1. The van der Waals surface area contributed by atoms with Gasteiger partial charge in [-0.1, -0.05) is 36.4 Å². The molecule has 2 aromatic carbocycles. The highest BCUT2D eigenvalue weighted by molar-refractivity contribution is 6.03. The van der Waals surface area contributed by atoms with Crippen LogP contribution >= 0.6 is 0 Å². The molecule has 0 aliphatic rings. The molecule has 1 heterocycles. The van der Waals surface area contributed by atoms with Crippen molar-refractivity contribution < 1.29 is 14.3 Å². The minimum Gasteiger partial charge on any atom is -0.448 e. The number of nitrogens with zero attached hydrogens (tertiary/aromatic N) is 2. The number of rotatable bonds is 5. The summed E-state index contributed by atoms with van der Waals surface area (Å²) >= 11 is 0. The summed E-state index contributed by atoms with van der Waals surface area (Å²) in [6.45, 7) is 5.08. The summed E-state index contributed by atoms with van der Waals surface area (Å²) < 4.78 is 6.57. The second kappa shape index (κ2) is 8.04. The number of para-hydroxylation sites is 1. The first-order chi connectivity index (χ1) is 13.4. The zero-order chi connectivity index (χ0) is 20.3. The fourth-order valence-electron chi connectivity index (χ4n) is 2.74. The molecule has 3 aromatic rings. The molecule has 0 fully saturated rings. The van der Waals surface area contributed by atoms with Crippen LogP contribution < -0.4 is 10.9 Å². The number of aromatic nitrogens is 2. The molecule has 0 bridgehead atoms. The molecule has 0 aliphatic heterocycles. The van der Waals surface area contributed by atoms with Gasteiger partial charge >= 0.3 is 5.97 Å². The highest BCUT2D eigenvalue weighted by Crippen LogP contribution is 2.17. The zero-order valence-electron chi connectivity index (χ0n) is 15.9. The number of anilines is 1. The molecule has 1 amide bonds. The van der Waals surface area contributed by atoms with Crippen LogP contribution in [0, 0.1) is 0 Å². The lowest BCUT2D eigenvalue weighted by atomic mass is 10.1. The fourth-order valence-corrected chi connectivity index (χ4v) is 2.74. The fraction of sp³-hybridized carbons (Fsp3) is 0.238. The van der Waals surface area contributed by atoms with Crippen molar-refractivity contribution in [2.24, 2.45) is 0 Å². The van der Waals surface area contributed by atoms with E-state index in [0.717, 1.165) is 0 Å². The topological polar surface area (TPSA) is 90.3 Å². The molecule has 1 N–H and O–H groups in total. The van der Waals surface area contributed by atoms with E-state index in [-0.39, 0.29) is 17.3 Å². The Balaban J connectivity index is 1.88. The Morgan fingerprint density at radius 1 is 0.964 bits per heavy atom. The van der Waals surface area contributed by atoms with Crippen molar-refractivity contribution >= 4 is 28.3 Å². The summed E-state index contributed by atoms with van der Waals surface area (Å²) in [7, 11) is 0. The molecule has 1 atom stereocenters. The molecule has 0 saturated carbocycles. The minimum absolute atomic E-state index is 0.00302. The van der Waals surface area contributed by atoms with E-state index in [0.29, 0.717) is 16.5 Å². The largest absolute Gasteiger partial charge is 0.448 e. The van der Waals surface area contributed by atoms with Gasteiger partial charge in [0.25, 0.3) is 11.5 Å². The SMILES string of the molecule is CC(C)n1nc(C(=O)O[C@H](C)C(=O)Nc2ccccc2)c2ccccc2c1=O. The summed E-state index contributed by atoms with van der Waals surface area (Å²) in [6, 6.07) is 15.4. The summed E-state index contributed by atoms with van der Waals surface area (Å²) in [5, 5.41) is 7.64. The van der Waals surface area contributed by atoms with E-state index >= 15 is 0 Å². The first-order valence-corrected chi connectivity index (χ1v) is 8.97. The minimum atomic E-state index is -1.03. The quantitative estimate of drug-likeness (QED) is 0.688. The highest BCUT2D eigenvalue weighted by atomic mass is 16.5. The molecular weight excluding hydrogens is 358 g/mol. The number of benzene rings is 2. The maximum Gasteiger partial charge on any atom is 0.360 e. The van der Waals surface area contributed by atoms with Crippen molar-refractivity contribution in [3.8, 4) is 0 Å². The van der Waals surface area contributed by atoms with Gasteiger partial charge in [0.1, 0.15) is 0 Å². The Labute approximate surface area is 161 Å². The lowest BCUT2D eigenvalue weighted by Crippen LogP contribution is -2.32. The number of hydrogen-bond acceptors (Lipinski definition) is 5. The molecule has 144 valence electrons. The number of esters is 1. The monoisotopic (exact) mass is 379 g/mol. The molecule has 0 radical (unpaired) electrons. The van der Waals surface area contributed by atoms with Gasteiger partial charge in [-0.15, -0.1) is 0 Å². The predicted octanol–water partition coefficient (Wildman–Crippen LogP) is 3.16. The van der Waals surface area contributed by atoms with Crippen LogP contribution in [0.5, 0.6) is 0 Å². The molecule has 1 aromatic heterocycles. The Hall–Kier alpha value is -3.48. The second-order valence-corrected chi connectivity index (χ2v) is 6.64. The van der Waals surface area contributed by atoms with Crippen molar-refractivity contribution in [3.05, 3.63) is 70.6 Å². The van der Waals surface area contributed by atoms with E-state index in [2.05, 4.69) is 10.4 Å². The standard InChI is InChI=1S/C21H21N3O4/c1-13(2)24-20(26)17-12-8-7-11-16(17)18(23-24)21(27)28-14(3)19(25)22-15-9-5-4-6-10-15/h4-14H,1-3H3,(H,22,25)/t14-/m1/s1. The normalized spacial score (nSPS) is 12.0. The van der Waals surface area contributed by atoms with E-state index in [9.17, 15) is 14.4 Å². The van der Waals surface area contributed by atoms with E-state index in [4.69, 9.17) is 4.74 Å². The van der Waals surface area contributed by atoms with Gasteiger partial charge in [-0.05, 0) is 39.0 Å². The molecule has 0 aliphatic carbocycles. The molecule has 7 heteroatoms. The number of hydrogen-bond donors (Lipinski definition) is 1. The second-order valence-electron chi connectivity index (χ2n) is 6.64. The molecule has 28 heavy (non-hydrogen) atoms. The van der Waals surface area contributed by atoms with Gasteiger partial charge in [-0.2, -0.15) is 5.10 Å². The van der Waals surface area contributed by atoms with Crippen LogP contribution in [0.3, 0.4) is 0 Å². The van der Waals surface area contributed by atoms with Gasteiger partial charge < -0.3 is 10.1 Å². The Bertz CT molecular complexity index is 1070. The Morgan fingerprint density at radius 2 is 1.57 bits per heavy atom. The van der Waals surface area contributed by atoms with E-state index in [1.807, 2.05) is 6.07 Å². The van der Waals surface area contributed by atoms with Gasteiger partial charge in [0.05, 0.1) is 11.4 Å². The lowest BCUT2D eigenvalue weighted by molar-refractivity contribution is -0.123. The van der Waals surface area contributed by atoms with Gasteiger partial charge in [0.2, 0.25) is 0 Å². The third kappa shape index (κ3) is 3.93. The summed E-state index contributed by atoms with van der Waals surface area (Å²) in [5.74, 6) is -1.22. The van der Waals surface area contributed by atoms with Crippen molar-refractivity contribution in [3.63, 3.8) is 0 Å². The van der Waals surface area contributed by atoms with Gasteiger partial charge in [0.15, 0.2) is 11.8 Å². The number of ether oxygens (including phenoxy) is 1. The average molecular weight is 379 g/mol. The summed E-state index contributed by atoms with van der Waals surface area (Å²) in [4.78, 5) is 37.6. The number of carbonyl (C=O) groups excluding carboxylic acids is 2. The van der Waals surface area contributed by atoms with Crippen molar-refractivity contribution in [1.29, 1.82) is 0 Å². The van der Waals surface area contributed by atoms with Crippen LogP contribution in [0.15, 0.2) is 59.4 Å². The predicted molar refractivity (Wildman–Crippen MR) is 106 cm³/mol. The molecule has 0 unspecified atom stereocenters. The molecule has 0 spiro atoms. The summed E-state index contributed by atoms with van der Waals surface area (Å²) in [5.41, 5.74) is 0.326. The number of fused-ring (bicyclic) bond motifs is 1. The van der Waals surface area contributed by atoms with Crippen LogP contribution in [-0.4, -0.2) is 27.8 Å². The van der Waals surface area contributed by atoms with E-state index < -0.39 is 18.0 Å². The molecular formula is C21H21N3O4. The maximum atomic E-state index is 12.7. The third-order valence-corrected chi connectivity index (χ3v) is 4.21. The molecule has 7 nitrogen and oxygen atoms in total. The van der Waals surface area contributed by atoms with Crippen LogP contribution in [0.1, 0.15) is 37.3 Å².